The highest BCUT2D eigenvalue weighted by molar-refractivity contribution is 7.89. The molecule has 118 valence electrons. The monoisotopic (exact) mass is 314 g/mol. The summed E-state index contributed by atoms with van der Waals surface area (Å²) in [6.45, 7) is 3.18. The summed E-state index contributed by atoms with van der Waals surface area (Å²) >= 11 is 0. The summed E-state index contributed by atoms with van der Waals surface area (Å²) in [7, 11) is -3.51. The Morgan fingerprint density at radius 3 is 3.14 bits per heavy atom. The van der Waals surface area contributed by atoms with Crippen molar-refractivity contribution in [1.29, 1.82) is 0 Å². The first kappa shape index (κ1) is 15.0. The Labute approximate surface area is 124 Å². The molecule has 0 aromatic carbocycles. The number of hydrogen-bond donors (Lipinski definition) is 3. The predicted molar refractivity (Wildman–Crippen MR) is 78.2 cm³/mol. The van der Waals surface area contributed by atoms with Gasteiger partial charge in [-0.2, -0.15) is 0 Å². The van der Waals surface area contributed by atoms with E-state index in [1.54, 1.807) is 6.07 Å². The number of morpholine rings is 1. The minimum Gasteiger partial charge on any atom is -0.374 e. The van der Waals surface area contributed by atoms with Crippen LogP contribution in [0, 0.1) is 0 Å². The van der Waals surface area contributed by atoms with Crippen molar-refractivity contribution in [1.82, 2.24) is 14.6 Å². The third kappa shape index (κ3) is 3.29. The van der Waals surface area contributed by atoms with E-state index in [0.29, 0.717) is 24.9 Å². The van der Waals surface area contributed by atoms with Gasteiger partial charge in [0.25, 0.3) is 0 Å². The quantitative estimate of drug-likeness (QED) is 0.687. The molecule has 3 heterocycles. The van der Waals surface area contributed by atoms with Gasteiger partial charge < -0.3 is 15.5 Å². The molecule has 4 N–H and O–H groups in total. The third-order valence-electron chi connectivity index (χ3n) is 4.21. The van der Waals surface area contributed by atoms with Gasteiger partial charge in [-0.15, -0.1) is 0 Å². The molecule has 0 spiro atoms. The van der Waals surface area contributed by atoms with E-state index in [4.69, 9.17) is 10.5 Å². The lowest BCUT2D eigenvalue weighted by Crippen LogP contribution is -2.50. The molecule has 0 saturated carbocycles. The number of ether oxygens (including phenoxy) is 1. The smallest absolute Gasteiger partial charge is 0.242 e. The van der Waals surface area contributed by atoms with Gasteiger partial charge in [0.2, 0.25) is 10.0 Å². The summed E-state index contributed by atoms with van der Waals surface area (Å²) in [4.78, 5) is 5.46. The number of sulfonamides is 1. The Balaban J connectivity index is 1.56. The second-order valence-corrected chi connectivity index (χ2v) is 7.43. The van der Waals surface area contributed by atoms with Crippen molar-refractivity contribution >= 4 is 10.0 Å². The Morgan fingerprint density at radius 2 is 2.38 bits per heavy atom. The van der Waals surface area contributed by atoms with Crippen LogP contribution in [0.25, 0.3) is 0 Å². The number of H-pyrrole nitrogens is 1. The maximum Gasteiger partial charge on any atom is 0.242 e. The van der Waals surface area contributed by atoms with E-state index in [9.17, 15) is 8.42 Å². The molecule has 8 heteroatoms. The van der Waals surface area contributed by atoms with Crippen LogP contribution in [0.2, 0.25) is 0 Å². The number of nitrogens with two attached hydrogens (primary N) is 1. The number of fused-ring (bicyclic) bond motifs is 1. The fourth-order valence-corrected chi connectivity index (χ4v) is 4.07. The zero-order chi connectivity index (χ0) is 14.9. The first-order valence-corrected chi connectivity index (χ1v) is 8.79. The molecule has 0 radical (unpaired) electrons. The number of nitrogens with zero attached hydrogens (tertiary/aromatic N) is 1. The van der Waals surface area contributed by atoms with E-state index in [2.05, 4.69) is 14.6 Å². The topological polar surface area (TPSA) is 100 Å². The molecule has 2 unspecified atom stereocenters. The lowest BCUT2D eigenvalue weighted by Gasteiger charge is -2.35. The summed E-state index contributed by atoms with van der Waals surface area (Å²) in [5.74, 6) is 0. The molecule has 0 aliphatic carbocycles. The zero-order valence-corrected chi connectivity index (χ0v) is 12.7. The second-order valence-electron chi connectivity index (χ2n) is 5.66. The zero-order valence-electron chi connectivity index (χ0n) is 11.9. The van der Waals surface area contributed by atoms with Crippen molar-refractivity contribution in [3.05, 3.63) is 18.0 Å². The van der Waals surface area contributed by atoms with Gasteiger partial charge in [-0.05, 0) is 25.5 Å². The maximum absolute atomic E-state index is 12.2. The van der Waals surface area contributed by atoms with Crippen LogP contribution >= 0.6 is 0 Å². The van der Waals surface area contributed by atoms with Crippen LogP contribution in [0.5, 0.6) is 0 Å². The fourth-order valence-electron chi connectivity index (χ4n) is 2.99. The highest BCUT2D eigenvalue weighted by Gasteiger charge is 2.32. The van der Waals surface area contributed by atoms with E-state index < -0.39 is 10.0 Å². The van der Waals surface area contributed by atoms with Crippen molar-refractivity contribution in [2.24, 2.45) is 5.73 Å². The van der Waals surface area contributed by atoms with Crippen LogP contribution in [-0.4, -0.2) is 56.7 Å². The molecule has 0 amide bonds. The largest absolute Gasteiger partial charge is 0.374 e. The van der Waals surface area contributed by atoms with E-state index in [-0.39, 0.29) is 17.5 Å². The van der Waals surface area contributed by atoms with Gasteiger partial charge in [-0.1, -0.05) is 0 Å². The van der Waals surface area contributed by atoms with Gasteiger partial charge in [0, 0.05) is 37.6 Å². The normalized spacial score (nSPS) is 26.9. The van der Waals surface area contributed by atoms with E-state index in [1.807, 2.05) is 0 Å². The van der Waals surface area contributed by atoms with Gasteiger partial charge in [0.05, 0.1) is 17.6 Å². The van der Waals surface area contributed by atoms with Gasteiger partial charge in [0.1, 0.15) is 0 Å². The molecule has 21 heavy (non-hydrogen) atoms. The first-order chi connectivity index (χ1) is 10.1. The molecule has 0 bridgehead atoms. The van der Waals surface area contributed by atoms with Crippen molar-refractivity contribution in [2.45, 2.75) is 36.4 Å². The summed E-state index contributed by atoms with van der Waals surface area (Å²) in [5.41, 5.74) is 6.17. The SMILES string of the molecule is NCc1cc(S(=O)(=O)NCC2CN3CCCC3CO2)c[nH]1. The van der Waals surface area contributed by atoms with Gasteiger partial charge >= 0.3 is 0 Å². The average Bonchev–Trinajstić information content (AvgIpc) is 3.13. The standard InChI is InChI=1S/C13H22N4O3S/c14-5-10-4-13(7-15-10)21(18,19)16-6-12-8-17-3-1-2-11(17)9-20-12/h4,7,11-12,15-16H,1-3,5-6,8-9,14H2. The van der Waals surface area contributed by atoms with Crippen molar-refractivity contribution < 1.29 is 13.2 Å². The van der Waals surface area contributed by atoms with Crippen LogP contribution in [0.4, 0.5) is 0 Å². The Bertz CT molecular complexity index is 586. The van der Waals surface area contributed by atoms with E-state index >= 15 is 0 Å². The van der Waals surface area contributed by atoms with Crippen LogP contribution in [0.15, 0.2) is 17.2 Å². The molecule has 7 nitrogen and oxygen atoms in total. The molecule has 2 saturated heterocycles. The van der Waals surface area contributed by atoms with Crippen LogP contribution in [0.1, 0.15) is 18.5 Å². The summed E-state index contributed by atoms with van der Waals surface area (Å²) in [6.07, 6.45) is 3.77. The lowest BCUT2D eigenvalue weighted by atomic mass is 10.2. The van der Waals surface area contributed by atoms with Gasteiger partial charge in [-0.3, -0.25) is 4.90 Å². The molecule has 2 fully saturated rings. The number of nitrogens with one attached hydrogen (secondary N) is 2. The molecule has 2 atom stereocenters. The molecule has 2 aliphatic rings. The van der Waals surface area contributed by atoms with Crippen molar-refractivity contribution in [3.8, 4) is 0 Å². The Kier molecular flexibility index (Phi) is 4.32. The fraction of sp³-hybridized carbons (Fsp3) is 0.692. The lowest BCUT2D eigenvalue weighted by molar-refractivity contribution is -0.0449. The summed E-state index contributed by atoms with van der Waals surface area (Å²) in [5, 5.41) is 0. The minimum atomic E-state index is -3.51. The molecule has 2 aliphatic heterocycles. The van der Waals surface area contributed by atoms with Crippen LogP contribution in [-0.2, 0) is 21.3 Å². The average molecular weight is 314 g/mol. The number of rotatable bonds is 5. The highest BCUT2D eigenvalue weighted by Crippen LogP contribution is 2.22. The first-order valence-electron chi connectivity index (χ1n) is 7.31. The van der Waals surface area contributed by atoms with Crippen molar-refractivity contribution in [3.63, 3.8) is 0 Å². The van der Waals surface area contributed by atoms with Gasteiger partial charge in [0.15, 0.2) is 0 Å². The number of hydrogen-bond acceptors (Lipinski definition) is 5. The summed E-state index contributed by atoms with van der Waals surface area (Å²) in [6, 6.07) is 2.08. The molecule has 1 aromatic heterocycles. The minimum absolute atomic E-state index is 0.0814. The molecule has 1 aromatic rings. The van der Waals surface area contributed by atoms with E-state index in [0.717, 1.165) is 13.1 Å². The predicted octanol–water partition coefficient (Wildman–Crippen LogP) is -0.385. The molecular formula is C13H22N4O3S. The Hall–Kier alpha value is -0.930. The van der Waals surface area contributed by atoms with Crippen LogP contribution in [0.3, 0.4) is 0 Å². The molecular weight excluding hydrogens is 292 g/mol. The third-order valence-corrected chi connectivity index (χ3v) is 5.61. The van der Waals surface area contributed by atoms with E-state index in [1.165, 1.54) is 19.0 Å². The maximum atomic E-state index is 12.2. The number of aromatic amines is 1. The Morgan fingerprint density at radius 1 is 1.52 bits per heavy atom. The van der Waals surface area contributed by atoms with Gasteiger partial charge in [-0.25, -0.2) is 13.1 Å². The second kappa shape index (κ2) is 6.05. The highest BCUT2D eigenvalue weighted by atomic mass is 32.2. The van der Waals surface area contributed by atoms with Crippen molar-refractivity contribution in [2.75, 3.05) is 26.2 Å². The van der Waals surface area contributed by atoms with Crippen LogP contribution < -0.4 is 10.5 Å². The summed E-state index contributed by atoms with van der Waals surface area (Å²) < 4.78 is 32.8. The molecule has 3 rings (SSSR count). The number of aromatic nitrogens is 1.